The number of nitrogens with zero attached hydrogens (tertiary/aromatic N) is 2. The van der Waals surface area contributed by atoms with Gasteiger partial charge in [0.25, 0.3) is 0 Å². The van der Waals surface area contributed by atoms with E-state index in [1.165, 1.54) is 18.2 Å². The molecule has 2 aromatic rings. The lowest BCUT2D eigenvalue weighted by Crippen LogP contribution is -2.50. The van der Waals surface area contributed by atoms with Gasteiger partial charge in [0.05, 0.1) is 16.3 Å². The van der Waals surface area contributed by atoms with Crippen LogP contribution in [0.3, 0.4) is 0 Å². The molecular weight excluding hydrogens is 330 g/mol. The number of piperidine rings is 1. The Hall–Kier alpha value is -1.20. The van der Waals surface area contributed by atoms with E-state index in [1.807, 2.05) is 25.1 Å². The molecule has 0 saturated carbocycles. The van der Waals surface area contributed by atoms with Crippen LogP contribution >= 0.6 is 23.4 Å². The van der Waals surface area contributed by atoms with Gasteiger partial charge in [0, 0.05) is 17.1 Å². The van der Waals surface area contributed by atoms with Crippen molar-refractivity contribution in [3.63, 3.8) is 0 Å². The fraction of sp³-hybridized carbons (Fsp3) is 0.529. The lowest BCUT2D eigenvalue weighted by Gasteiger charge is -2.40. The zero-order valence-corrected chi connectivity index (χ0v) is 15.2. The van der Waals surface area contributed by atoms with Crippen molar-refractivity contribution in [1.82, 2.24) is 14.9 Å². The normalized spacial score (nSPS) is 23.2. The number of benzene rings is 1. The van der Waals surface area contributed by atoms with Crippen molar-refractivity contribution in [2.24, 2.45) is 0 Å². The first-order valence-electron chi connectivity index (χ1n) is 8.10. The molecule has 1 N–H and O–H groups in total. The molecule has 1 fully saturated rings. The van der Waals surface area contributed by atoms with Crippen molar-refractivity contribution in [3.05, 3.63) is 23.2 Å². The van der Waals surface area contributed by atoms with Gasteiger partial charge < -0.3 is 9.88 Å². The Morgan fingerprint density at radius 2 is 2.09 bits per heavy atom. The standard InChI is InChI=1S/C17H22ClN3OS/c1-10-5-4-6-11(2)21(10)16(22)12(3)23-17-19-14-8-7-13(18)9-15(14)20-17/h7-12H,4-6H2,1-3H3,(H,19,20)/t10-,11-,12+/m0/s1. The number of nitrogens with one attached hydrogen (secondary N) is 1. The molecule has 0 bridgehead atoms. The summed E-state index contributed by atoms with van der Waals surface area (Å²) in [6.07, 6.45) is 3.39. The molecule has 2 heterocycles. The number of aromatic amines is 1. The van der Waals surface area contributed by atoms with Crippen LogP contribution in [-0.4, -0.2) is 38.1 Å². The van der Waals surface area contributed by atoms with Crippen LogP contribution in [0.2, 0.25) is 5.02 Å². The number of rotatable bonds is 3. The molecule has 0 radical (unpaired) electrons. The molecule has 1 aliphatic rings. The van der Waals surface area contributed by atoms with Crippen molar-refractivity contribution in [1.29, 1.82) is 0 Å². The number of likely N-dealkylation sites (tertiary alicyclic amines) is 1. The maximum absolute atomic E-state index is 12.8. The molecular formula is C17H22ClN3OS. The van der Waals surface area contributed by atoms with Crippen LogP contribution in [0.15, 0.2) is 23.4 Å². The third-order valence-corrected chi connectivity index (χ3v) is 5.71. The van der Waals surface area contributed by atoms with Crippen LogP contribution in [0.4, 0.5) is 0 Å². The van der Waals surface area contributed by atoms with Gasteiger partial charge in [-0.15, -0.1) is 0 Å². The first kappa shape index (κ1) is 16.7. The number of hydrogen-bond donors (Lipinski definition) is 1. The third-order valence-electron chi connectivity index (χ3n) is 4.51. The van der Waals surface area contributed by atoms with Gasteiger partial charge in [-0.25, -0.2) is 4.98 Å². The van der Waals surface area contributed by atoms with E-state index >= 15 is 0 Å². The highest BCUT2D eigenvalue weighted by molar-refractivity contribution is 8.00. The summed E-state index contributed by atoms with van der Waals surface area (Å²) in [5.41, 5.74) is 1.77. The summed E-state index contributed by atoms with van der Waals surface area (Å²) in [6, 6.07) is 6.21. The molecule has 4 nitrogen and oxygen atoms in total. The lowest BCUT2D eigenvalue weighted by molar-refractivity contribution is -0.136. The highest BCUT2D eigenvalue weighted by atomic mass is 35.5. The van der Waals surface area contributed by atoms with Crippen molar-refractivity contribution in [2.75, 3.05) is 0 Å². The number of fused-ring (bicyclic) bond motifs is 1. The fourth-order valence-corrected chi connectivity index (χ4v) is 4.35. The van der Waals surface area contributed by atoms with Crippen LogP contribution in [-0.2, 0) is 4.79 Å². The number of carbonyl (C=O) groups is 1. The molecule has 124 valence electrons. The molecule has 1 aliphatic heterocycles. The van der Waals surface area contributed by atoms with Crippen LogP contribution in [0.5, 0.6) is 0 Å². The highest BCUT2D eigenvalue weighted by Gasteiger charge is 2.32. The Morgan fingerprint density at radius 1 is 1.39 bits per heavy atom. The van der Waals surface area contributed by atoms with Crippen LogP contribution in [0.25, 0.3) is 11.0 Å². The second-order valence-corrected chi connectivity index (χ2v) is 8.10. The Balaban J connectivity index is 1.74. The number of aromatic nitrogens is 2. The van der Waals surface area contributed by atoms with Gasteiger partial charge in [0.2, 0.25) is 5.91 Å². The second kappa shape index (κ2) is 6.73. The number of imidazole rings is 1. The maximum atomic E-state index is 12.8. The fourth-order valence-electron chi connectivity index (χ4n) is 3.30. The quantitative estimate of drug-likeness (QED) is 0.829. The van der Waals surface area contributed by atoms with E-state index in [-0.39, 0.29) is 11.2 Å². The molecule has 1 amide bonds. The Labute approximate surface area is 146 Å². The first-order valence-corrected chi connectivity index (χ1v) is 9.35. The molecule has 3 rings (SSSR count). The summed E-state index contributed by atoms with van der Waals surface area (Å²) >= 11 is 7.48. The predicted octanol–water partition coefficient (Wildman–Crippen LogP) is 4.49. The van der Waals surface area contributed by atoms with E-state index in [9.17, 15) is 4.79 Å². The minimum absolute atomic E-state index is 0.158. The third kappa shape index (κ3) is 3.50. The van der Waals surface area contributed by atoms with Crippen molar-refractivity contribution in [2.45, 2.75) is 62.5 Å². The average molecular weight is 352 g/mol. The van der Waals surface area contributed by atoms with Crippen molar-refractivity contribution >= 4 is 40.3 Å². The highest BCUT2D eigenvalue weighted by Crippen LogP contribution is 2.29. The van der Waals surface area contributed by atoms with Gasteiger partial charge in [0.1, 0.15) is 0 Å². The lowest BCUT2D eigenvalue weighted by atomic mass is 9.97. The topological polar surface area (TPSA) is 49.0 Å². The molecule has 6 heteroatoms. The zero-order valence-electron chi connectivity index (χ0n) is 13.7. The van der Waals surface area contributed by atoms with E-state index in [2.05, 4.69) is 28.7 Å². The maximum Gasteiger partial charge on any atom is 0.236 e. The van der Waals surface area contributed by atoms with E-state index in [0.29, 0.717) is 17.1 Å². The summed E-state index contributed by atoms with van der Waals surface area (Å²) in [7, 11) is 0. The summed E-state index contributed by atoms with van der Waals surface area (Å²) in [5, 5.41) is 1.28. The van der Waals surface area contributed by atoms with Gasteiger partial charge >= 0.3 is 0 Å². The number of carbonyl (C=O) groups excluding carboxylic acids is 1. The van der Waals surface area contributed by atoms with Crippen LogP contribution in [0, 0.1) is 0 Å². The summed E-state index contributed by atoms with van der Waals surface area (Å²) in [6.45, 7) is 6.25. The van der Waals surface area contributed by atoms with E-state index in [4.69, 9.17) is 11.6 Å². The Bertz CT molecular complexity index is 707. The summed E-state index contributed by atoms with van der Waals surface area (Å²) in [5.74, 6) is 0.202. The number of hydrogen-bond acceptors (Lipinski definition) is 3. The van der Waals surface area contributed by atoms with Crippen molar-refractivity contribution in [3.8, 4) is 0 Å². The smallest absolute Gasteiger partial charge is 0.236 e. The summed E-state index contributed by atoms with van der Waals surface area (Å²) in [4.78, 5) is 22.7. The molecule has 0 aliphatic carbocycles. The predicted molar refractivity (Wildman–Crippen MR) is 96.0 cm³/mol. The number of thioether (sulfide) groups is 1. The molecule has 1 aromatic heterocycles. The second-order valence-electron chi connectivity index (χ2n) is 6.34. The molecule has 0 spiro atoms. The SMILES string of the molecule is C[C@@H](Sc1nc2ccc(Cl)cc2[nH]1)C(=O)N1[C@@H](C)CCC[C@@H]1C. The minimum atomic E-state index is -0.158. The molecule has 23 heavy (non-hydrogen) atoms. The number of H-pyrrole nitrogens is 1. The van der Waals surface area contributed by atoms with E-state index in [1.54, 1.807) is 0 Å². The van der Waals surface area contributed by atoms with Gasteiger partial charge in [-0.05, 0) is 58.2 Å². The molecule has 0 unspecified atom stereocenters. The number of halogens is 1. The Kier molecular flexibility index (Phi) is 4.87. The largest absolute Gasteiger partial charge is 0.336 e. The summed E-state index contributed by atoms with van der Waals surface area (Å²) < 4.78 is 0. The van der Waals surface area contributed by atoms with E-state index < -0.39 is 0 Å². The van der Waals surface area contributed by atoms with Crippen molar-refractivity contribution < 1.29 is 4.79 Å². The van der Waals surface area contributed by atoms with Gasteiger partial charge in [-0.3, -0.25) is 4.79 Å². The number of amides is 1. The minimum Gasteiger partial charge on any atom is -0.336 e. The van der Waals surface area contributed by atoms with E-state index in [0.717, 1.165) is 29.0 Å². The molecule has 1 aromatic carbocycles. The first-order chi connectivity index (χ1) is 11.0. The molecule has 1 saturated heterocycles. The average Bonchev–Trinajstić information content (AvgIpc) is 2.88. The zero-order chi connectivity index (χ0) is 16.6. The van der Waals surface area contributed by atoms with Gasteiger partial charge in [-0.2, -0.15) is 0 Å². The van der Waals surface area contributed by atoms with Gasteiger partial charge in [0.15, 0.2) is 5.16 Å². The molecule has 3 atom stereocenters. The van der Waals surface area contributed by atoms with Crippen LogP contribution in [0.1, 0.15) is 40.0 Å². The monoisotopic (exact) mass is 351 g/mol. The van der Waals surface area contributed by atoms with Crippen LogP contribution < -0.4 is 0 Å². The Morgan fingerprint density at radius 3 is 2.78 bits per heavy atom. The van der Waals surface area contributed by atoms with Gasteiger partial charge in [-0.1, -0.05) is 23.4 Å².